The SMILES string of the molecule is c1ccc(-c2cc(-c3ccc4c(c3)oc3ccccc34)nc(-c3ccccc3)n2)cc1. The smallest absolute Gasteiger partial charge is 0.160 e. The molecule has 3 heteroatoms. The van der Waals surface area contributed by atoms with E-state index >= 15 is 0 Å². The van der Waals surface area contributed by atoms with Gasteiger partial charge in [0.1, 0.15) is 11.2 Å². The topological polar surface area (TPSA) is 38.9 Å². The van der Waals surface area contributed by atoms with Crippen LogP contribution in [0.15, 0.2) is 114 Å². The molecule has 0 aliphatic rings. The van der Waals surface area contributed by atoms with E-state index < -0.39 is 0 Å². The molecule has 146 valence electrons. The van der Waals surface area contributed by atoms with Crippen LogP contribution in [0.25, 0.3) is 55.8 Å². The van der Waals surface area contributed by atoms with E-state index in [9.17, 15) is 0 Å². The molecule has 0 aliphatic heterocycles. The molecule has 0 spiro atoms. The number of rotatable bonds is 3. The fraction of sp³-hybridized carbons (Fsp3) is 0. The minimum atomic E-state index is 0.710. The highest BCUT2D eigenvalue weighted by molar-refractivity contribution is 6.05. The van der Waals surface area contributed by atoms with Crippen molar-refractivity contribution in [1.29, 1.82) is 0 Å². The largest absolute Gasteiger partial charge is 0.456 e. The molecule has 0 amide bonds. The molecule has 0 fully saturated rings. The summed E-state index contributed by atoms with van der Waals surface area (Å²) in [6.07, 6.45) is 0. The summed E-state index contributed by atoms with van der Waals surface area (Å²) in [5.41, 5.74) is 6.58. The molecule has 0 saturated heterocycles. The normalized spacial score (nSPS) is 11.2. The third kappa shape index (κ3) is 3.17. The minimum absolute atomic E-state index is 0.710. The molecule has 0 saturated carbocycles. The van der Waals surface area contributed by atoms with Gasteiger partial charge >= 0.3 is 0 Å². The highest BCUT2D eigenvalue weighted by Gasteiger charge is 2.12. The second kappa shape index (κ2) is 7.22. The Kier molecular flexibility index (Phi) is 4.10. The summed E-state index contributed by atoms with van der Waals surface area (Å²) in [6.45, 7) is 0. The Balaban J connectivity index is 1.56. The van der Waals surface area contributed by atoms with Crippen molar-refractivity contribution in [3.8, 4) is 33.9 Å². The maximum Gasteiger partial charge on any atom is 0.160 e. The van der Waals surface area contributed by atoms with E-state index in [1.165, 1.54) is 0 Å². The van der Waals surface area contributed by atoms with E-state index in [2.05, 4.69) is 36.4 Å². The van der Waals surface area contributed by atoms with Gasteiger partial charge in [0.05, 0.1) is 11.4 Å². The van der Waals surface area contributed by atoms with Gasteiger partial charge in [0, 0.05) is 27.5 Å². The van der Waals surface area contributed by atoms with Gasteiger partial charge in [-0.05, 0) is 24.3 Å². The maximum absolute atomic E-state index is 6.10. The zero-order chi connectivity index (χ0) is 20.6. The molecule has 0 atom stereocenters. The molecule has 6 aromatic rings. The third-order valence-electron chi connectivity index (χ3n) is 5.50. The van der Waals surface area contributed by atoms with Crippen LogP contribution in [0.4, 0.5) is 0 Å². The fourth-order valence-corrected chi connectivity index (χ4v) is 3.95. The predicted octanol–water partition coefficient (Wildman–Crippen LogP) is 7.38. The molecule has 0 N–H and O–H groups in total. The molecule has 0 aliphatic carbocycles. The lowest BCUT2D eigenvalue weighted by molar-refractivity contribution is 0.669. The van der Waals surface area contributed by atoms with Crippen LogP contribution >= 0.6 is 0 Å². The molecule has 0 unspecified atom stereocenters. The van der Waals surface area contributed by atoms with Gasteiger partial charge in [-0.2, -0.15) is 0 Å². The van der Waals surface area contributed by atoms with Crippen LogP contribution in [0.3, 0.4) is 0 Å². The molecule has 2 aromatic heterocycles. The van der Waals surface area contributed by atoms with Gasteiger partial charge in [-0.1, -0.05) is 84.9 Å². The van der Waals surface area contributed by atoms with Gasteiger partial charge in [-0.15, -0.1) is 0 Å². The fourth-order valence-electron chi connectivity index (χ4n) is 3.95. The van der Waals surface area contributed by atoms with Crippen molar-refractivity contribution < 1.29 is 4.42 Å². The molecule has 6 rings (SSSR count). The minimum Gasteiger partial charge on any atom is -0.456 e. The van der Waals surface area contributed by atoms with Crippen molar-refractivity contribution in [3.05, 3.63) is 109 Å². The number of furan rings is 1. The number of fused-ring (bicyclic) bond motifs is 3. The van der Waals surface area contributed by atoms with E-state index in [0.717, 1.165) is 50.0 Å². The number of nitrogens with zero attached hydrogens (tertiary/aromatic N) is 2. The first-order valence-corrected chi connectivity index (χ1v) is 10.3. The van der Waals surface area contributed by atoms with Gasteiger partial charge < -0.3 is 4.42 Å². The summed E-state index contributed by atoms with van der Waals surface area (Å²) in [6, 6.07) is 36.8. The highest BCUT2D eigenvalue weighted by atomic mass is 16.3. The van der Waals surface area contributed by atoms with Crippen molar-refractivity contribution in [2.45, 2.75) is 0 Å². The molecular weight excluding hydrogens is 380 g/mol. The molecule has 2 heterocycles. The summed E-state index contributed by atoms with van der Waals surface area (Å²) in [7, 11) is 0. The van der Waals surface area contributed by atoms with E-state index in [0.29, 0.717) is 5.82 Å². The summed E-state index contributed by atoms with van der Waals surface area (Å²) < 4.78 is 6.10. The third-order valence-corrected chi connectivity index (χ3v) is 5.50. The van der Waals surface area contributed by atoms with Crippen LogP contribution in [-0.2, 0) is 0 Å². The second-order valence-corrected chi connectivity index (χ2v) is 7.50. The Morgan fingerprint density at radius 2 is 1.06 bits per heavy atom. The van der Waals surface area contributed by atoms with Crippen molar-refractivity contribution >= 4 is 21.9 Å². The Labute approximate surface area is 179 Å². The van der Waals surface area contributed by atoms with E-state index in [4.69, 9.17) is 14.4 Å². The van der Waals surface area contributed by atoms with Gasteiger partial charge in [0.15, 0.2) is 5.82 Å². The maximum atomic E-state index is 6.10. The molecule has 31 heavy (non-hydrogen) atoms. The van der Waals surface area contributed by atoms with Gasteiger partial charge in [0.2, 0.25) is 0 Å². The van der Waals surface area contributed by atoms with Crippen molar-refractivity contribution in [3.63, 3.8) is 0 Å². The first-order valence-electron chi connectivity index (χ1n) is 10.3. The molecule has 4 aromatic carbocycles. The zero-order valence-corrected chi connectivity index (χ0v) is 16.7. The number of benzene rings is 4. The van der Waals surface area contributed by atoms with Gasteiger partial charge in [-0.25, -0.2) is 9.97 Å². The van der Waals surface area contributed by atoms with Gasteiger partial charge in [0.25, 0.3) is 0 Å². The quantitative estimate of drug-likeness (QED) is 0.312. The van der Waals surface area contributed by atoms with Crippen LogP contribution in [0.1, 0.15) is 0 Å². The molecule has 3 nitrogen and oxygen atoms in total. The van der Waals surface area contributed by atoms with Crippen LogP contribution in [0, 0.1) is 0 Å². The van der Waals surface area contributed by atoms with Crippen molar-refractivity contribution in [2.75, 3.05) is 0 Å². The molecule has 0 radical (unpaired) electrons. The van der Waals surface area contributed by atoms with Crippen LogP contribution in [0.5, 0.6) is 0 Å². The average molecular weight is 398 g/mol. The Hall–Kier alpha value is -4.24. The highest BCUT2D eigenvalue weighted by Crippen LogP contribution is 2.33. The number of para-hydroxylation sites is 1. The average Bonchev–Trinajstić information content (AvgIpc) is 3.23. The Morgan fingerprint density at radius 3 is 1.84 bits per heavy atom. The lowest BCUT2D eigenvalue weighted by atomic mass is 10.0. The van der Waals surface area contributed by atoms with Crippen LogP contribution in [-0.4, -0.2) is 9.97 Å². The van der Waals surface area contributed by atoms with Crippen LogP contribution in [0.2, 0.25) is 0 Å². The first kappa shape index (κ1) is 17.6. The van der Waals surface area contributed by atoms with Crippen molar-refractivity contribution in [2.24, 2.45) is 0 Å². The van der Waals surface area contributed by atoms with Crippen LogP contribution < -0.4 is 0 Å². The predicted molar refractivity (Wildman–Crippen MR) is 126 cm³/mol. The van der Waals surface area contributed by atoms with E-state index in [1.54, 1.807) is 0 Å². The molecular formula is C28H18N2O. The van der Waals surface area contributed by atoms with Gasteiger partial charge in [-0.3, -0.25) is 0 Å². The second-order valence-electron chi connectivity index (χ2n) is 7.50. The lowest BCUT2D eigenvalue weighted by Gasteiger charge is -2.09. The van der Waals surface area contributed by atoms with E-state index in [1.807, 2.05) is 72.8 Å². The molecule has 0 bridgehead atoms. The number of hydrogen-bond acceptors (Lipinski definition) is 3. The van der Waals surface area contributed by atoms with E-state index in [-0.39, 0.29) is 0 Å². The Bertz CT molecular complexity index is 1460. The van der Waals surface area contributed by atoms with Crippen molar-refractivity contribution in [1.82, 2.24) is 9.97 Å². The number of hydrogen-bond donors (Lipinski definition) is 0. The Morgan fingerprint density at radius 1 is 0.452 bits per heavy atom. The summed E-state index contributed by atoms with van der Waals surface area (Å²) in [5, 5.41) is 2.24. The lowest BCUT2D eigenvalue weighted by Crippen LogP contribution is -1.95. The summed E-state index contributed by atoms with van der Waals surface area (Å²) in [5.74, 6) is 0.710. The monoisotopic (exact) mass is 398 g/mol. The standard InChI is InChI=1S/C28H18N2O/c1-3-9-19(10-4-1)24-18-25(30-28(29-24)20-11-5-2-6-12-20)21-15-16-23-22-13-7-8-14-26(22)31-27(23)17-21/h1-18H. The zero-order valence-electron chi connectivity index (χ0n) is 16.7. The number of aromatic nitrogens is 2. The summed E-state index contributed by atoms with van der Waals surface area (Å²) >= 11 is 0. The summed E-state index contributed by atoms with van der Waals surface area (Å²) in [4.78, 5) is 9.77. The first-order chi connectivity index (χ1) is 15.3.